The second-order valence-corrected chi connectivity index (χ2v) is 7.29. The second-order valence-electron chi connectivity index (χ2n) is 6.44. The topological polar surface area (TPSA) is 79.8 Å². The lowest BCUT2D eigenvalue weighted by Crippen LogP contribution is -2.35. The lowest BCUT2D eigenvalue weighted by Gasteiger charge is -2.07. The number of rotatable bonds is 8. The Bertz CT molecular complexity index is 1090. The molecule has 0 fully saturated rings. The molecule has 3 aromatic rings. The van der Waals surface area contributed by atoms with Crippen LogP contribution in [0.1, 0.15) is 21.5 Å². The Balaban J connectivity index is 1.46. The van der Waals surface area contributed by atoms with Crippen LogP contribution in [-0.2, 0) is 11.4 Å². The highest BCUT2D eigenvalue weighted by Crippen LogP contribution is 2.16. The van der Waals surface area contributed by atoms with Gasteiger partial charge < -0.3 is 10.1 Å². The fourth-order valence-electron chi connectivity index (χ4n) is 2.55. The quantitative estimate of drug-likeness (QED) is 0.388. The van der Waals surface area contributed by atoms with Gasteiger partial charge in [-0.3, -0.25) is 9.59 Å². The predicted molar refractivity (Wildman–Crippen MR) is 122 cm³/mol. The second kappa shape index (κ2) is 11.2. The Morgan fingerprint density at radius 3 is 2.52 bits per heavy atom. The molecule has 2 amide bonds. The molecule has 0 atom stereocenters. The molecular weight excluding hydrogens is 437 g/mol. The van der Waals surface area contributed by atoms with E-state index in [-0.39, 0.29) is 6.54 Å². The lowest BCUT2D eigenvalue weighted by atomic mass is 10.2. The first-order chi connectivity index (χ1) is 15.0. The van der Waals surface area contributed by atoms with Crippen LogP contribution in [0.5, 0.6) is 5.75 Å². The van der Waals surface area contributed by atoms with Crippen LogP contribution in [0, 0.1) is 0 Å². The molecule has 0 saturated carbocycles. The van der Waals surface area contributed by atoms with Gasteiger partial charge in [0.1, 0.15) is 12.4 Å². The Morgan fingerprint density at radius 2 is 1.74 bits per heavy atom. The van der Waals surface area contributed by atoms with E-state index in [0.29, 0.717) is 28.0 Å². The average Bonchev–Trinajstić information content (AvgIpc) is 2.78. The summed E-state index contributed by atoms with van der Waals surface area (Å²) in [5.41, 5.74) is 4.41. The van der Waals surface area contributed by atoms with Gasteiger partial charge in [-0.2, -0.15) is 5.10 Å². The van der Waals surface area contributed by atoms with Crippen molar-refractivity contribution in [3.05, 3.63) is 99.5 Å². The lowest BCUT2D eigenvalue weighted by molar-refractivity contribution is -0.120. The van der Waals surface area contributed by atoms with E-state index < -0.39 is 11.8 Å². The summed E-state index contributed by atoms with van der Waals surface area (Å²) in [6.45, 7) is 0.172. The Labute approximate surface area is 189 Å². The third-order valence-electron chi connectivity index (χ3n) is 4.11. The molecule has 0 aliphatic heterocycles. The number of carbonyl (C=O) groups excluding carboxylic acids is 2. The number of nitrogens with one attached hydrogen (secondary N) is 2. The van der Waals surface area contributed by atoms with Crippen LogP contribution >= 0.6 is 23.2 Å². The smallest absolute Gasteiger partial charge is 0.259 e. The van der Waals surface area contributed by atoms with Crippen molar-refractivity contribution in [3.63, 3.8) is 0 Å². The highest BCUT2D eigenvalue weighted by atomic mass is 35.5. The molecule has 0 unspecified atom stereocenters. The van der Waals surface area contributed by atoms with Gasteiger partial charge in [-0.25, -0.2) is 5.43 Å². The number of halogens is 2. The first kappa shape index (κ1) is 22.3. The first-order valence-corrected chi connectivity index (χ1v) is 10.1. The zero-order valence-electron chi connectivity index (χ0n) is 16.3. The number of ether oxygens (including phenoxy) is 1. The van der Waals surface area contributed by atoms with Gasteiger partial charge >= 0.3 is 0 Å². The average molecular weight is 456 g/mol. The van der Waals surface area contributed by atoms with Crippen LogP contribution < -0.4 is 15.5 Å². The molecule has 8 heteroatoms. The number of hydrogen-bond donors (Lipinski definition) is 2. The SMILES string of the molecule is O=C(CNC(=O)c1ccccc1Cl)N/N=C\c1cccc(OCc2ccc(Cl)cc2)c1. The standard InChI is InChI=1S/C23H19Cl2N3O3/c24-18-10-8-16(9-11-18)15-31-19-5-3-4-17(12-19)13-27-28-22(29)14-26-23(30)20-6-1-2-7-21(20)25/h1-13H,14-15H2,(H,26,30)(H,28,29)/b27-13-. The summed E-state index contributed by atoms with van der Waals surface area (Å²) in [7, 11) is 0. The highest BCUT2D eigenvalue weighted by molar-refractivity contribution is 6.33. The molecule has 0 aliphatic rings. The van der Waals surface area contributed by atoms with E-state index in [0.717, 1.165) is 11.1 Å². The number of hydrogen-bond acceptors (Lipinski definition) is 4. The normalized spacial score (nSPS) is 10.6. The molecule has 0 saturated heterocycles. The molecule has 0 aromatic heterocycles. The number of hydrazone groups is 1. The number of carbonyl (C=O) groups is 2. The van der Waals surface area contributed by atoms with Crippen LogP contribution in [0.4, 0.5) is 0 Å². The summed E-state index contributed by atoms with van der Waals surface area (Å²) in [4.78, 5) is 23.9. The van der Waals surface area contributed by atoms with Crippen molar-refractivity contribution in [2.45, 2.75) is 6.61 Å². The zero-order chi connectivity index (χ0) is 22.1. The van der Waals surface area contributed by atoms with E-state index in [2.05, 4.69) is 15.8 Å². The van der Waals surface area contributed by atoms with E-state index in [1.165, 1.54) is 6.21 Å². The molecule has 3 rings (SSSR count). The van der Waals surface area contributed by atoms with Gasteiger partial charge in [0.15, 0.2) is 0 Å². The summed E-state index contributed by atoms with van der Waals surface area (Å²) < 4.78 is 5.77. The molecule has 0 heterocycles. The van der Waals surface area contributed by atoms with Crippen molar-refractivity contribution in [2.75, 3.05) is 6.54 Å². The maximum atomic E-state index is 12.0. The molecule has 158 valence electrons. The summed E-state index contributed by atoms with van der Waals surface area (Å²) >= 11 is 11.8. The summed E-state index contributed by atoms with van der Waals surface area (Å²) in [5.74, 6) is -0.237. The number of amides is 2. The third-order valence-corrected chi connectivity index (χ3v) is 4.69. The fraction of sp³-hybridized carbons (Fsp3) is 0.0870. The van der Waals surface area contributed by atoms with Crippen molar-refractivity contribution in [1.29, 1.82) is 0 Å². The Hall–Kier alpha value is -3.35. The first-order valence-electron chi connectivity index (χ1n) is 9.33. The summed E-state index contributed by atoms with van der Waals surface area (Å²) in [6, 6.07) is 21.3. The van der Waals surface area contributed by atoms with Crippen molar-refractivity contribution >= 4 is 41.2 Å². The predicted octanol–water partition coefficient (Wildman–Crippen LogP) is 4.45. The van der Waals surface area contributed by atoms with Crippen LogP contribution in [0.2, 0.25) is 10.0 Å². The van der Waals surface area contributed by atoms with Crippen molar-refractivity contribution in [3.8, 4) is 5.75 Å². The monoisotopic (exact) mass is 455 g/mol. The molecular formula is C23H19Cl2N3O3. The van der Waals surface area contributed by atoms with Crippen LogP contribution in [0.3, 0.4) is 0 Å². The molecule has 2 N–H and O–H groups in total. The van der Waals surface area contributed by atoms with E-state index in [1.807, 2.05) is 42.5 Å². The van der Waals surface area contributed by atoms with Gasteiger partial charge in [-0.05, 0) is 47.5 Å². The largest absolute Gasteiger partial charge is 0.489 e. The molecule has 31 heavy (non-hydrogen) atoms. The summed E-state index contributed by atoms with van der Waals surface area (Å²) in [5, 5.41) is 7.39. The van der Waals surface area contributed by atoms with E-state index in [1.54, 1.807) is 30.3 Å². The van der Waals surface area contributed by atoms with E-state index in [9.17, 15) is 9.59 Å². The van der Waals surface area contributed by atoms with Gasteiger partial charge in [-0.1, -0.05) is 59.6 Å². The fourth-order valence-corrected chi connectivity index (χ4v) is 2.90. The minimum atomic E-state index is -0.466. The molecule has 0 radical (unpaired) electrons. The van der Waals surface area contributed by atoms with Gasteiger partial charge in [-0.15, -0.1) is 0 Å². The summed E-state index contributed by atoms with van der Waals surface area (Å²) in [6.07, 6.45) is 1.49. The zero-order valence-corrected chi connectivity index (χ0v) is 17.9. The molecule has 0 aliphatic carbocycles. The third kappa shape index (κ3) is 7.13. The van der Waals surface area contributed by atoms with Crippen LogP contribution in [0.15, 0.2) is 77.9 Å². The van der Waals surface area contributed by atoms with Gasteiger partial charge in [0.05, 0.1) is 23.3 Å². The van der Waals surface area contributed by atoms with Crippen molar-refractivity contribution in [1.82, 2.24) is 10.7 Å². The maximum absolute atomic E-state index is 12.0. The molecule has 0 bridgehead atoms. The van der Waals surface area contributed by atoms with Crippen molar-refractivity contribution < 1.29 is 14.3 Å². The Morgan fingerprint density at radius 1 is 0.968 bits per heavy atom. The van der Waals surface area contributed by atoms with Gasteiger partial charge in [0.2, 0.25) is 0 Å². The Kier molecular flexibility index (Phi) is 8.04. The van der Waals surface area contributed by atoms with E-state index in [4.69, 9.17) is 27.9 Å². The van der Waals surface area contributed by atoms with Gasteiger partial charge in [0.25, 0.3) is 11.8 Å². The van der Waals surface area contributed by atoms with Gasteiger partial charge in [0, 0.05) is 5.02 Å². The van der Waals surface area contributed by atoms with Crippen LogP contribution in [-0.4, -0.2) is 24.6 Å². The minimum absolute atomic E-state index is 0.231. The molecule has 3 aromatic carbocycles. The van der Waals surface area contributed by atoms with Crippen molar-refractivity contribution in [2.24, 2.45) is 5.10 Å². The van der Waals surface area contributed by atoms with E-state index >= 15 is 0 Å². The number of benzene rings is 3. The minimum Gasteiger partial charge on any atom is -0.489 e. The maximum Gasteiger partial charge on any atom is 0.259 e. The highest BCUT2D eigenvalue weighted by Gasteiger charge is 2.10. The molecule has 0 spiro atoms. The van der Waals surface area contributed by atoms with Crippen LogP contribution in [0.25, 0.3) is 0 Å². The number of nitrogens with zero attached hydrogens (tertiary/aromatic N) is 1. The molecule has 6 nitrogen and oxygen atoms in total.